The number of ether oxygens (including phenoxy) is 2. The van der Waals surface area contributed by atoms with Crippen molar-refractivity contribution >= 4 is 0 Å². The second-order valence-corrected chi connectivity index (χ2v) is 5.74. The molecular formula is C14H30N2O2. The van der Waals surface area contributed by atoms with Crippen LogP contribution >= 0.6 is 0 Å². The van der Waals surface area contributed by atoms with Crippen molar-refractivity contribution in [3.63, 3.8) is 0 Å². The standard InChI is InChI=1S/C14H30N2O2/c1-13(2)16(7-9-17-4)11-14(10-15-3)6-5-8-18-12-14/h13,15H,5-12H2,1-4H3. The molecule has 1 N–H and O–H groups in total. The van der Waals surface area contributed by atoms with Gasteiger partial charge < -0.3 is 14.8 Å². The van der Waals surface area contributed by atoms with Gasteiger partial charge in [-0.05, 0) is 33.7 Å². The van der Waals surface area contributed by atoms with Crippen molar-refractivity contribution in [3.05, 3.63) is 0 Å². The minimum atomic E-state index is 0.269. The van der Waals surface area contributed by atoms with E-state index in [0.717, 1.165) is 39.5 Å². The van der Waals surface area contributed by atoms with Crippen molar-refractivity contribution in [2.24, 2.45) is 5.41 Å². The van der Waals surface area contributed by atoms with Crippen molar-refractivity contribution < 1.29 is 9.47 Å². The van der Waals surface area contributed by atoms with Crippen molar-refractivity contribution in [2.45, 2.75) is 32.7 Å². The molecule has 0 saturated carbocycles. The molecule has 0 aliphatic carbocycles. The van der Waals surface area contributed by atoms with Gasteiger partial charge >= 0.3 is 0 Å². The van der Waals surface area contributed by atoms with Crippen LogP contribution < -0.4 is 5.32 Å². The maximum absolute atomic E-state index is 5.73. The van der Waals surface area contributed by atoms with E-state index in [-0.39, 0.29) is 5.41 Å². The van der Waals surface area contributed by atoms with E-state index < -0.39 is 0 Å². The monoisotopic (exact) mass is 258 g/mol. The first-order valence-corrected chi connectivity index (χ1v) is 7.09. The first-order valence-electron chi connectivity index (χ1n) is 7.09. The lowest BCUT2D eigenvalue weighted by atomic mass is 9.81. The molecule has 1 aliphatic heterocycles. The lowest BCUT2D eigenvalue weighted by Crippen LogP contribution is -2.50. The second-order valence-electron chi connectivity index (χ2n) is 5.74. The molecule has 0 amide bonds. The zero-order chi connectivity index (χ0) is 13.4. The number of rotatable bonds is 8. The zero-order valence-corrected chi connectivity index (χ0v) is 12.5. The molecule has 0 aromatic carbocycles. The predicted molar refractivity (Wildman–Crippen MR) is 75.0 cm³/mol. The van der Waals surface area contributed by atoms with Gasteiger partial charge in [-0.25, -0.2) is 0 Å². The third-order valence-electron chi connectivity index (χ3n) is 3.81. The number of hydrogen-bond acceptors (Lipinski definition) is 4. The first-order chi connectivity index (χ1) is 8.63. The minimum Gasteiger partial charge on any atom is -0.383 e. The third-order valence-corrected chi connectivity index (χ3v) is 3.81. The van der Waals surface area contributed by atoms with E-state index in [1.807, 2.05) is 7.05 Å². The molecule has 0 aromatic rings. The molecular weight excluding hydrogens is 228 g/mol. The van der Waals surface area contributed by atoms with Crippen LogP contribution in [0.5, 0.6) is 0 Å². The van der Waals surface area contributed by atoms with E-state index >= 15 is 0 Å². The lowest BCUT2D eigenvalue weighted by Gasteiger charge is -2.42. The second kappa shape index (κ2) is 8.10. The molecule has 0 bridgehead atoms. The van der Waals surface area contributed by atoms with Crippen LogP contribution in [0.3, 0.4) is 0 Å². The molecule has 108 valence electrons. The summed E-state index contributed by atoms with van der Waals surface area (Å²) in [6.45, 7) is 10.2. The van der Waals surface area contributed by atoms with Crippen LogP contribution in [0.1, 0.15) is 26.7 Å². The molecule has 4 heteroatoms. The zero-order valence-electron chi connectivity index (χ0n) is 12.5. The fourth-order valence-electron chi connectivity index (χ4n) is 2.76. The highest BCUT2D eigenvalue weighted by Gasteiger charge is 2.34. The quantitative estimate of drug-likeness (QED) is 0.713. The van der Waals surface area contributed by atoms with E-state index in [9.17, 15) is 0 Å². The van der Waals surface area contributed by atoms with Crippen LogP contribution in [0.25, 0.3) is 0 Å². The topological polar surface area (TPSA) is 33.7 Å². The number of nitrogens with zero attached hydrogens (tertiary/aromatic N) is 1. The fraction of sp³-hybridized carbons (Fsp3) is 1.00. The van der Waals surface area contributed by atoms with Gasteiger partial charge in [0.05, 0.1) is 13.2 Å². The Balaban J connectivity index is 2.60. The Morgan fingerprint density at radius 3 is 2.72 bits per heavy atom. The smallest absolute Gasteiger partial charge is 0.0589 e. The van der Waals surface area contributed by atoms with Gasteiger partial charge in [0.1, 0.15) is 0 Å². The summed E-state index contributed by atoms with van der Waals surface area (Å²) in [7, 11) is 3.80. The average molecular weight is 258 g/mol. The van der Waals surface area contributed by atoms with E-state index in [4.69, 9.17) is 9.47 Å². The average Bonchev–Trinajstić information content (AvgIpc) is 2.35. The number of hydrogen-bond donors (Lipinski definition) is 1. The molecule has 1 aliphatic rings. The Morgan fingerprint density at radius 1 is 1.44 bits per heavy atom. The van der Waals surface area contributed by atoms with Gasteiger partial charge in [0.25, 0.3) is 0 Å². The molecule has 18 heavy (non-hydrogen) atoms. The summed E-state index contributed by atoms with van der Waals surface area (Å²) in [6.07, 6.45) is 2.43. The largest absolute Gasteiger partial charge is 0.383 e. The van der Waals surface area contributed by atoms with E-state index in [1.165, 1.54) is 12.8 Å². The van der Waals surface area contributed by atoms with E-state index in [1.54, 1.807) is 7.11 Å². The van der Waals surface area contributed by atoms with Crippen molar-refractivity contribution in [2.75, 3.05) is 53.6 Å². The van der Waals surface area contributed by atoms with Gasteiger partial charge in [-0.15, -0.1) is 0 Å². The summed E-state index contributed by atoms with van der Waals surface area (Å²) in [5.41, 5.74) is 0.269. The summed E-state index contributed by atoms with van der Waals surface area (Å²) < 4.78 is 10.9. The summed E-state index contributed by atoms with van der Waals surface area (Å²) >= 11 is 0. The SMILES string of the molecule is CNCC1(CN(CCOC)C(C)C)CCCOC1. The fourth-order valence-corrected chi connectivity index (χ4v) is 2.76. The van der Waals surface area contributed by atoms with Gasteiger partial charge in [0.2, 0.25) is 0 Å². The Hall–Kier alpha value is -0.160. The third kappa shape index (κ3) is 4.84. The molecule has 1 fully saturated rings. The number of nitrogens with one attached hydrogen (secondary N) is 1. The van der Waals surface area contributed by atoms with Crippen LogP contribution in [-0.2, 0) is 9.47 Å². The maximum Gasteiger partial charge on any atom is 0.0589 e. The van der Waals surface area contributed by atoms with Crippen molar-refractivity contribution in [1.82, 2.24) is 10.2 Å². The predicted octanol–water partition coefficient (Wildman–Crippen LogP) is 1.36. The van der Waals surface area contributed by atoms with Gasteiger partial charge in [-0.1, -0.05) is 0 Å². The molecule has 1 atom stereocenters. The van der Waals surface area contributed by atoms with Gasteiger partial charge in [-0.2, -0.15) is 0 Å². The Morgan fingerprint density at radius 2 is 2.22 bits per heavy atom. The molecule has 0 aromatic heterocycles. The van der Waals surface area contributed by atoms with Crippen molar-refractivity contribution in [1.29, 1.82) is 0 Å². The minimum absolute atomic E-state index is 0.269. The van der Waals surface area contributed by atoms with Crippen LogP contribution in [-0.4, -0.2) is 64.6 Å². The highest BCUT2D eigenvalue weighted by atomic mass is 16.5. The highest BCUT2D eigenvalue weighted by Crippen LogP contribution is 2.29. The molecule has 1 unspecified atom stereocenters. The molecule has 0 radical (unpaired) electrons. The number of methoxy groups -OCH3 is 1. The molecule has 1 rings (SSSR count). The van der Waals surface area contributed by atoms with Crippen LogP contribution in [0.4, 0.5) is 0 Å². The molecule has 1 heterocycles. The van der Waals surface area contributed by atoms with Crippen LogP contribution in [0.2, 0.25) is 0 Å². The summed E-state index contributed by atoms with van der Waals surface area (Å²) in [6, 6.07) is 0.552. The molecule has 4 nitrogen and oxygen atoms in total. The lowest BCUT2D eigenvalue weighted by molar-refractivity contribution is -0.0331. The van der Waals surface area contributed by atoms with Crippen LogP contribution in [0.15, 0.2) is 0 Å². The summed E-state index contributed by atoms with van der Waals surface area (Å²) in [5.74, 6) is 0. The van der Waals surface area contributed by atoms with Crippen LogP contribution in [0, 0.1) is 5.41 Å². The van der Waals surface area contributed by atoms with Gasteiger partial charge in [-0.3, -0.25) is 4.90 Å². The summed E-state index contributed by atoms with van der Waals surface area (Å²) in [4.78, 5) is 2.51. The Labute approximate surface area is 112 Å². The summed E-state index contributed by atoms with van der Waals surface area (Å²) in [5, 5.41) is 3.34. The van der Waals surface area contributed by atoms with E-state index in [2.05, 4.69) is 24.1 Å². The Kier molecular flexibility index (Phi) is 7.15. The molecule has 0 spiro atoms. The first kappa shape index (κ1) is 15.9. The maximum atomic E-state index is 5.73. The normalized spacial score (nSPS) is 25.0. The van der Waals surface area contributed by atoms with Gasteiger partial charge in [0.15, 0.2) is 0 Å². The Bertz CT molecular complexity index is 210. The highest BCUT2D eigenvalue weighted by molar-refractivity contribution is 4.87. The van der Waals surface area contributed by atoms with Gasteiger partial charge in [0, 0.05) is 44.8 Å². The van der Waals surface area contributed by atoms with Crippen molar-refractivity contribution in [3.8, 4) is 0 Å². The molecule has 1 saturated heterocycles. The van der Waals surface area contributed by atoms with E-state index in [0.29, 0.717) is 6.04 Å².